The smallest absolute Gasteiger partial charge is 0.134 e. The first-order valence-corrected chi connectivity index (χ1v) is 7.98. The number of furan rings is 1. The Hall–Kier alpha value is -1.16. The zero-order valence-corrected chi connectivity index (χ0v) is 14.3. The van der Waals surface area contributed by atoms with E-state index < -0.39 is 0 Å². The average Bonchev–Trinajstić information content (AvgIpc) is 2.86. The molecule has 1 N–H and O–H groups in total. The Morgan fingerprint density at radius 3 is 2.71 bits per heavy atom. The molecule has 3 aromatic rings. The van der Waals surface area contributed by atoms with Crippen molar-refractivity contribution >= 4 is 55.8 Å². The summed E-state index contributed by atoms with van der Waals surface area (Å²) in [5.74, 6) is 0.846. The lowest BCUT2D eigenvalue weighted by atomic mass is 10.2. The van der Waals surface area contributed by atoms with E-state index in [4.69, 9.17) is 27.6 Å². The molecular weight excluding hydrogens is 373 g/mol. The molecule has 0 amide bonds. The zero-order chi connectivity index (χ0) is 15.0. The molecule has 0 saturated carbocycles. The first kappa shape index (κ1) is 14.8. The van der Waals surface area contributed by atoms with Crippen LogP contribution in [-0.2, 0) is 0 Å². The number of hydrogen-bond acceptors (Lipinski definition) is 2. The summed E-state index contributed by atoms with van der Waals surface area (Å²) < 4.78 is 6.90. The molecule has 0 aliphatic carbocycles. The minimum absolute atomic E-state index is 0.0212. The fraction of sp³-hybridized carbons (Fsp3) is 0.125. The van der Waals surface area contributed by atoms with Crippen molar-refractivity contribution in [3.63, 3.8) is 0 Å². The van der Waals surface area contributed by atoms with E-state index in [0.29, 0.717) is 10.0 Å². The predicted octanol–water partition coefficient (Wildman–Crippen LogP) is 6.68. The highest BCUT2D eigenvalue weighted by atomic mass is 79.9. The van der Waals surface area contributed by atoms with Crippen LogP contribution in [0.2, 0.25) is 10.0 Å². The van der Waals surface area contributed by atoms with Gasteiger partial charge < -0.3 is 9.73 Å². The van der Waals surface area contributed by atoms with Crippen molar-refractivity contribution in [3.05, 3.63) is 62.7 Å². The van der Waals surface area contributed by atoms with Gasteiger partial charge in [0, 0.05) is 14.9 Å². The Morgan fingerprint density at radius 2 is 1.90 bits per heavy atom. The van der Waals surface area contributed by atoms with E-state index in [1.54, 1.807) is 18.2 Å². The lowest BCUT2D eigenvalue weighted by Gasteiger charge is -2.14. The highest BCUT2D eigenvalue weighted by molar-refractivity contribution is 9.10. The van der Waals surface area contributed by atoms with Gasteiger partial charge in [0.05, 0.1) is 16.8 Å². The maximum atomic E-state index is 6.17. The highest BCUT2D eigenvalue weighted by Gasteiger charge is 2.13. The largest absolute Gasteiger partial charge is 0.459 e. The first-order chi connectivity index (χ1) is 10.0. The molecule has 0 radical (unpaired) electrons. The van der Waals surface area contributed by atoms with E-state index >= 15 is 0 Å². The second kappa shape index (κ2) is 5.91. The molecule has 2 nitrogen and oxygen atoms in total. The number of nitrogens with one attached hydrogen (secondary N) is 1. The minimum atomic E-state index is -0.0212. The van der Waals surface area contributed by atoms with Crippen molar-refractivity contribution in [1.29, 1.82) is 0 Å². The second-order valence-electron chi connectivity index (χ2n) is 4.82. The van der Waals surface area contributed by atoms with Crippen LogP contribution in [0.4, 0.5) is 5.69 Å². The van der Waals surface area contributed by atoms with Crippen LogP contribution in [0.3, 0.4) is 0 Å². The van der Waals surface area contributed by atoms with E-state index in [0.717, 1.165) is 26.9 Å². The Bertz CT molecular complexity index is 800. The van der Waals surface area contributed by atoms with E-state index in [-0.39, 0.29) is 6.04 Å². The summed E-state index contributed by atoms with van der Waals surface area (Å²) >= 11 is 15.6. The van der Waals surface area contributed by atoms with Crippen molar-refractivity contribution in [2.24, 2.45) is 0 Å². The molecule has 3 rings (SSSR count). The molecule has 0 aliphatic heterocycles. The molecule has 0 bridgehead atoms. The summed E-state index contributed by atoms with van der Waals surface area (Å²) in [5.41, 5.74) is 1.65. The van der Waals surface area contributed by atoms with Gasteiger partial charge in [0.15, 0.2) is 0 Å². The van der Waals surface area contributed by atoms with Crippen LogP contribution in [0.15, 0.2) is 51.4 Å². The Kier molecular flexibility index (Phi) is 4.16. The van der Waals surface area contributed by atoms with Gasteiger partial charge in [-0.3, -0.25) is 0 Å². The van der Waals surface area contributed by atoms with Gasteiger partial charge in [0.2, 0.25) is 0 Å². The van der Waals surface area contributed by atoms with Crippen LogP contribution < -0.4 is 5.32 Å². The number of anilines is 1. The van der Waals surface area contributed by atoms with E-state index in [1.807, 2.05) is 31.2 Å². The summed E-state index contributed by atoms with van der Waals surface area (Å²) in [7, 11) is 0. The molecule has 1 atom stereocenters. The van der Waals surface area contributed by atoms with Crippen LogP contribution in [0, 0.1) is 0 Å². The standard InChI is InChI=1S/C16H12BrCl2NO/c1-9(20-14-8-12(18)3-4-13(14)19)16-7-10-6-11(17)2-5-15(10)21-16/h2-9,20H,1H3. The summed E-state index contributed by atoms with van der Waals surface area (Å²) in [6.07, 6.45) is 0. The molecule has 2 aromatic carbocycles. The van der Waals surface area contributed by atoms with Gasteiger partial charge in [-0.25, -0.2) is 0 Å². The minimum Gasteiger partial charge on any atom is -0.459 e. The van der Waals surface area contributed by atoms with Crippen LogP contribution >= 0.6 is 39.1 Å². The third-order valence-electron chi connectivity index (χ3n) is 3.22. The molecule has 0 fully saturated rings. The highest BCUT2D eigenvalue weighted by Crippen LogP contribution is 2.31. The molecule has 1 unspecified atom stereocenters. The summed E-state index contributed by atoms with van der Waals surface area (Å²) in [6, 6.07) is 13.3. The number of halogens is 3. The molecule has 1 aromatic heterocycles. The van der Waals surface area contributed by atoms with Crippen molar-refractivity contribution in [3.8, 4) is 0 Å². The third-order valence-corrected chi connectivity index (χ3v) is 4.28. The van der Waals surface area contributed by atoms with Crippen molar-refractivity contribution in [2.75, 3.05) is 5.32 Å². The van der Waals surface area contributed by atoms with Gasteiger partial charge in [-0.1, -0.05) is 39.1 Å². The lowest BCUT2D eigenvalue weighted by molar-refractivity contribution is 0.526. The van der Waals surface area contributed by atoms with Crippen LogP contribution in [-0.4, -0.2) is 0 Å². The molecular formula is C16H12BrCl2NO. The quantitative estimate of drug-likeness (QED) is 0.545. The Labute approximate surface area is 141 Å². The monoisotopic (exact) mass is 383 g/mol. The molecule has 108 valence electrons. The van der Waals surface area contributed by atoms with Crippen LogP contribution in [0.25, 0.3) is 11.0 Å². The Morgan fingerprint density at radius 1 is 1.10 bits per heavy atom. The lowest BCUT2D eigenvalue weighted by Crippen LogP contribution is -2.05. The van der Waals surface area contributed by atoms with Gasteiger partial charge in [0.25, 0.3) is 0 Å². The van der Waals surface area contributed by atoms with Crippen LogP contribution in [0.1, 0.15) is 18.7 Å². The van der Waals surface area contributed by atoms with Crippen molar-refractivity contribution < 1.29 is 4.42 Å². The summed E-state index contributed by atoms with van der Waals surface area (Å²) in [5, 5.41) is 5.65. The number of rotatable bonds is 3. The maximum absolute atomic E-state index is 6.17. The first-order valence-electron chi connectivity index (χ1n) is 6.43. The van der Waals surface area contributed by atoms with Crippen molar-refractivity contribution in [2.45, 2.75) is 13.0 Å². The van der Waals surface area contributed by atoms with Gasteiger partial charge in [0.1, 0.15) is 11.3 Å². The summed E-state index contributed by atoms with van der Waals surface area (Å²) in [6.45, 7) is 2.02. The van der Waals surface area contributed by atoms with Gasteiger partial charge in [-0.05, 0) is 49.4 Å². The predicted molar refractivity (Wildman–Crippen MR) is 92.4 cm³/mol. The topological polar surface area (TPSA) is 25.2 Å². The van der Waals surface area contributed by atoms with Gasteiger partial charge in [-0.2, -0.15) is 0 Å². The van der Waals surface area contributed by atoms with Gasteiger partial charge in [-0.15, -0.1) is 0 Å². The molecule has 1 heterocycles. The third kappa shape index (κ3) is 3.20. The van der Waals surface area contributed by atoms with Gasteiger partial charge >= 0.3 is 0 Å². The SMILES string of the molecule is CC(Nc1cc(Cl)ccc1Cl)c1cc2cc(Br)ccc2o1. The molecule has 21 heavy (non-hydrogen) atoms. The van der Waals surface area contributed by atoms with E-state index in [9.17, 15) is 0 Å². The molecule has 0 aliphatic rings. The fourth-order valence-corrected chi connectivity index (χ4v) is 2.88. The Balaban J connectivity index is 1.89. The zero-order valence-electron chi connectivity index (χ0n) is 11.2. The molecule has 0 saturated heterocycles. The molecule has 0 spiro atoms. The number of hydrogen-bond donors (Lipinski definition) is 1. The normalized spacial score (nSPS) is 12.6. The summed E-state index contributed by atoms with van der Waals surface area (Å²) in [4.78, 5) is 0. The van der Waals surface area contributed by atoms with Crippen LogP contribution in [0.5, 0.6) is 0 Å². The average molecular weight is 385 g/mol. The van der Waals surface area contributed by atoms with E-state index in [1.165, 1.54) is 0 Å². The number of fused-ring (bicyclic) bond motifs is 1. The maximum Gasteiger partial charge on any atom is 0.134 e. The van der Waals surface area contributed by atoms with Crippen molar-refractivity contribution in [1.82, 2.24) is 0 Å². The second-order valence-corrected chi connectivity index (χ2v) is 6.58. The number of benzene rings is 2. The fourth-order valence-electron chi connectivity index (χ4n) is 2.16. The molecule has 5 heteroatoms. The van der Waals surface area contributed by atoms with E-state index in [2.05, 4.69) is 21.2 Å².